The number of carbonyl (C=O) groups excluding carboxylic acids is 2. The van der Waals surface area contributed by atoms with Crippen molar-refractivity contribution in [2.45, 2.75) is 34.6 Å². The summed E-state index contributed by atoms with van der Waals surface area (Å²) in [5.74, 6) is 0.111. The maximum absolute atomic E-state index is 11.1. The van der Waals surface area contributed by atoms with Gasteiger partial charge in [0, 0.05) is 0 Å². The first kappa shape index (κ1) is 11.3. The molecule has 0 rings (SSSR count). The van der Waals surface area contributed by atoms with Gasteiger partial charge in [0.1, 0.15) is 11.6 Å². The summed E-state index contributed by atoms with van der Waals surface area (Å²) in [5.41, 5.74) is 0. The highest BCUT2D eigenvalue weighted by atomic mass is 16.1. The molecule has 2 heteroatoms. The Hall–Kier alpha value is -0.660. The first-order valence-corrected chi connectivity index (χ1v) is 4.38. The van der Waals surface area contributed by atoms with Crippen molar-refractivity contribution in [1.29, 1.82) is 0 Å². The number of ketones is 2. The third kappa shape index (κ3) is 2.76. The van der Waals surface area contributed by atoms with Crippen molar-refractivity contribution in [3.63, 3.8) is 0 Å². The largest absolute Gasteiger partial charge is 0.299 e. The van der Waals surface area contributed by atoms with Crippen LogP contribution < -0.4 is 0 Å². The standard InChI is InChI=1S/C10H18O2/c1-6(2)7(3)10(8(4)11)9(5)12/h6-7,10H,1-5H3. The molecule has 70 valence electrons. The van der Waals surface area contributed by atoms with Gasteiger partial charge in [0.05, 0.1) is 5.92 Å². The zero-order chi connectivity index (χ0) is 9.89. The van der Waals surface area contributed by atoms with Crippen LogP contribution in [0, 0.1) is 17.8 Å². The third-order valence-electron chi connectivity index (χ3n) is 2.45. The van der Waals surface area contributed by atoms with E-state index in [0.717, 1.165) is 0 Å². The Morgan fingerprint density at radius 2 is 1.25 bits per heavy atom. The summed E-state index contributed by atoms with van der Waals surface area (Å²) >= 11 is 0. The molecule has 0 aliphatic carbocycles. The van der Waals surface area contributed by atoms with Crippen molar-refractivity contribution in [1.82, 2.24) is 0 Å². The van der Waals surface area contributed by atoms with Gasteiger partial charge in [-0.25, -0.2) is 0 Å². The third-order valence-corrected chi connectivity index (χ3v) is 2.45. The molecule has 1 atom stereocenters. The van der Waals surface area contributed by atoms with Crippen LogP contribution in [-0.4, -0.2) is 11.6 Å². The maximum Gasteiger partial charge on any atom is 0.140 e. The van der Waals surface area contributed by atoms with E-state index in [1.165, 1.54) is 13.8 Å². The highest BCUT2D eigenvalue weighted by Gasteiger charge is 2.27. The number of hydrogen-bond donors (Lipinski definition) is 0. The molecule has 12 heavy (non-hydrogen) atoms. The Kier molecular flexibility index (Phi) is 4.15. The zero-order valence-electron chi connectivity index (χ0n) is 8.55. The van der Waals surface area contributed by atoms with Gasteiger partial charge in [-0.1, -0.05) is 20.8 Å². The van der Waals surface area contributed by atoms with Crippen LogP contribution in [0.1, 0.15) is 34.6 Å². The van der Waals surface area contributed by atoms with E-state index in [-0.39, 0.29) is 17.5 Å². The number of hydrogen-bond acceptors (Lipinski definition) is 2. The second-order valence-corrected chi connectivity index (χ2v) is 3.80. The topological polar surface area (TPSA) is 34.1 Å². The molecule has 0 aliphatic rings. The van der Waals surface area contributed by atoms with Crippen molar-refractivity contribution >= 4 is 11.6 Å². The van der Waals surface area contributed by atoms with Crippen LogP contribution in [0.15, 0.2) is 0 Å². The zero-order valence-corrected chi connectivity index (χ0v) is 8.55. The lowest BCUT2D eigenvalue weighted by Gasteiger charge is -2.22. The number of Topliss-reactive ketones (excluding diaryl/α,β-unsaturated/α-hetero) is 2. The highest BCUT2D eigenvalue weighted by Crippen LogP contribution is 2.21. The van der Waals surface area contributed by atoms with Gasteiger partial charge in [-0.2, -0.15) is 0 Å². The molecule has 0 fully saturated rings. The van der Waals surface area contributed by atoms with Crippen molar-refractivity contribution < 1.29 is 9.59 Å². The molecule has 0 amide bonds. The quantitative estimate of drug-likeness (QED) is 0.605. The van der Waals surface area contributed by atoms with Gasteiger partial charge in [0.2, 0.25) is 0 Å². The lowest BCUT2D eigenvalue weighted by Crippen LogP contribution is -2.29. The lowest BCUT2D eigenvalue weighted by atomic mass is 9.80. The van der Waals surface area contributed by atoms with E-state index in [9.17, 15) is 9.59 Å². The molecular weight excluding hydrogens is 152 g/mol. The Balaban J connectivity index is 4.52. The molecule has 0 aromatic rings. The van der Waals surface area contributed by atoms with Gasteiger partial charge in [0.25, 0.3) is 0 Å². The van der Waals surface area contributed by atoms with Crippen molar-refractivity contribution in [2.75, 3.05) is 0 Å². The minimum Gasteiger partial charge on any atom is -0.299 e. The van der Waals surface area contributed by atoms with E-state index in [1.807, 2.05) is 20.8 Å². The Bertz CT molecular complexity index is 168. The Morgan fingerprint density at radius 3 is 1.33 bits per heavy atom. The van der Waals surface area contributed by atoms with Crippen LogP contribution in [0.3, 0.4) is 0 Å². The molecule has 0 saturated heterocycles. The van der Waals surface area contributed by atoms with Crippen molar-refractivity contribution in [3.05, 3.63) is 0 Å². The van der Waals surface area contributed by atoms with Gasteiger partial charge >= 0.3 is 0 Å². The van der Waals surface area contributed by atoms with E-state index in [2.05, 4.69) is 0 Å². The molecule has 0 aliphatic heterocycles. The predicted molar refractivity (Wildman–Crippen MR) is 48.9 cm³/mol. The molecule has 0 aromatic heterocycles. The minimum absolute atomic E-state index is 0.0105. The van der Waals surface area contributed by atoms with Crippen LogP contribution in [-0.2, 0) is 9.59 Å². The SMILES string of the molecule is CC(=O)C(C(C)=O)C(C)C(C)C. The summed E-state index contributed by atoms with van der Waals surface area (Å²) in [6, 6.07) is 0. The molecule has 0 N–H and O–H groups in total. The first-order chi connectivity index (χ1) is 5.37. The van der Waals surface area contributed by atoms with Crippen molar-refractivity contribution in [3.8, 4) is 0 Å². The summed E-state index contributed by atoms with van der Waals surface area (Å²) in [4.78, 5) is 22.2. The second kappa shape index (κ2) is 4.39. The Morgan fingerprint density at radius 1 is 0.917 bits per heavy atom. The average molecular weight is 170 g/mol. The summed E-state index contributed by atoms with van der Waals surface area (Å²) in [5, 5.41) is 0. The molecule has 0 bridgehead atoms. The fraction of sp³-hybridized carbons (Fsp3) is 0.800. The average Bonchev–Trinajstić information content (AvgIpc) is 1.85. The fourth-order valence-electron chi connectivity index (χ4n) is 1.41. The van der Waals surface area contributed by atoms with Gasteiger partial charge in [-0.05, 0) is 25.7 Å². The molecule has 1 unspecified atom stereocenters. The second-order valence-electron chi connectivity index (χ2n) is 3.80. The number of carbonyl (C=O) groups is 2. The van der Waals surface area contributed by atoms with Crippen molar-refractivity contribution in [2.24, 2.45) is 17.8 Å². The molecule has 0 spiro atoms. The van der Waals surface area contributed by atoms with E-state index in [0.29, 0.717) is 5.92 Å². The Labute approximate surface area is 74.3 Å². The van der Waals surface area contributed by atoms with Gasteiger partial charge in [-0.15, -0.1) is 0 Å². The van der Waals surface area contributed by atoms with Crippen LogP contribution in [0.2, 0.25) is 0 Å². The molecule has 0 heterocycles. The monoisotopic (exact) mass is 170 g/mol. The number of rotatable bonds is 4. The molecule has 0 aromatic carbocycles. The normalized spacial score (nSPS) is 13.6. The van der Waals surface area contributed by atoms with E-state index < -0.39 is 5.92 Å². The van der Waals surface area contributed by atoms with E-state index in [1.54, 1.807) is 0 Å². The lowest BCUT2D eigenvalue weighted by molar-refractivity contribution is -0.133. The van der Waals surface area contributed by atoms with Crippen LogP contribution in [0.5, 0.6) is 0 Å². The van der Waals surface area contributed by atoms with E-state index >= 15 is 0 Å². The summed E-state index contributed by atoms with van der Waals surface area (Å²) < 4.78 is 0. The fourth-order valence-corrected chi connectivity index (χ4v) is 1.41. The predicted octanol–water partition coefficient (Wildman–Crippen LogP) is 2.07. The van der Waals surface area contributed by atoms with Crippen LogP contribution in [0.4, 0.5) is 0 Å². The van der Waals surface area contributed by atoms with Gasteiger partial charge in [0.15, 0.2) is 0 Å². The van der Waals surface area contributed by atoms with E-state index in [4.69, 9.17) is 0 Å². The molecular formula is C10H18O2. The van der Waals surface area contributed by atoms with Crippen LogP contribution in [0.25, 0.3) is 0 Å². The summed E-state index contributed by atoms with van der Waals surface area (Å²) in [6.45, 7) is 9.00. The van der Waals surface area contributed by atoms with Crippen LogP contribution >= 0.6 is 0 Å². The molecule has 0 saturated carbocycles. The first-order valence-electron chi connectivity index (χ1n) is 4.38. The highest BCUT2D eigenvalue weighted by molar-refractivity contribution is 6.00. The van der Waals surface area contributed by atoms with Gasteiger partial charge in [-0.3, -0.25) is 9.59 Å². The summed E-state index contributed by atoms with van der Waals surface area (Å²) in [6.07, 6.45) is 0. The maximum atomic E-state index is 11.1. The summed E-state index contributed by atoms with van der Waals surface area (Å²) in [7, 11) is 0. The van der Waals surface area contributed by atoms with Gasteiger partial charge < -0.3 is 0 Å². The molecule has 2 nitrogen and oxygen atoms in total. The minimum atomic E-state index is -0.398. The molecule has 0 radical (unpaired) electrons. The smallest absolute Gasteiger partial charge is 0.140 e.